The van der Waals surface area contributed by atoms with Crippen LogP contribution in [0.1, 0.15) is 20.7 Å². The SMILES string of the molecule is NC(=O)c1c(-c2ccncc2)noc1NC(=O)c1ccc(-c2ccccc2)cc1. The van der Waals surface area contributed by atoms with E-state index in [0.717, 1.165) is 11.1 Å². The van der Waals surface area contributed by atoms with Crippen molar-refractivity contribution in [3.63, 3.8) is 0 Å². The van der Waals surface area contributed by atoms with Gasteiger partial charge in [0.25, 0.3) is 11.8 Å². The Hall–Kier alpha value is -4.26. The lowest BCUT2D eigenvalue weighted by Gasteiger charge is -2.05. The smallest absolute Gasteiger partial charge is 0.258 e. The summed E-state index contributed by atoms with van der Waals surface area (Å²) in [6, 6.07) is 20.2. The highest BCUT2D eigenvalue weighted by molar-refractivity contribution is 6.09. The van der Waals surface area contributed by atoms with Crippen molar-refractivity contribution in [1.29, 1.82) is 0 Å². The van der Waals surface area contributed by atoms with E-state index in [0.29, 0.717) is 11.1 Å². The summed E-state index contributed by atoms with van der Waals surface area (Å²) in [5.74, 6) is -1.29. The van der Waals surface area contributed by atoms with Gasteiger partial charge in [-0.3, -0.25) is 19.9 Å². The van der Waals surface area contributed by atoms with Gasteiger partial charge in [-0.1, -0.05) is 47.6 Å². The molecular weight excluding hydrogens is 368 g/mol. The molecule has 4 rings (SSSR count). The number of pyridine rings is 1. The first-order valence-corrected chi connectivity index (χ1v) is 8.80. The topological polar surface area (TPSA) is 111 Å². The van der Waals surface area contributed by atoms with Crippen molar-refractivity contribution < 1.29 is 14.1 Å². The fourth-order valence-electron chi connectivity index (χ4n) is 2.93. The lowest BCUT2D eigenvalue weighted by molar-refractivity contribution is 0.100. The maximum absolute atomic E-state index is 12.6. The summed E-state index contributed by atoms with van der Waals surface area (Å²) in [5, 5.41) is 6.46. The Labute approximate surface area is 166 Å². The fraction of sp³-hybridized carbons (Fsp3) is 0. The van der Waals surface area contributed by atoms with Crippen LogP contribution < -0.4 is 11.1 Å². The van der Waals surface area contributed by atoms with Crippen LogP contribution in [0.4, 0.5) is 5.88 Å². The van der Waals surface area contributed by atoms with Gasteiger partial charge in [0.1, 0.15) is 11.3 Å². The van der Waals surface area contributed by atoms with Crippen LogP contribution in [0.5, 0.6) is 0 Å². The Morgan fingerprint density at radius 1 is 0.828 bits per heavy atom. The molecule has 142 valence electrons. The Balaban J connectivity index is 1.59. The van der Waals surface area contributed by atoms with E-state index in [9.17, 15) is 9.59 Å². The van der Waals surface area contributed by atoms with Crippen molar-refractivity contribution in [3.05, 3.63) is 90.3 Å². The van der Waals surface area contributed by atoms with E-state index in [-0.39, 0.29) is 17.1 Å². The quantitative estimate of drug-likeness (QED) is 0.544. The molecule has 2 aromatic carbocycles. The summed E-state index contributed by atoms with van der Waals surface area (Å²) < 4.78 is 5.19. The number of carbonyl (C=O) groups is 2. The molecule has 3 N–H and O–H groups in total. The molecule has 29 heavy (non-hydrogen) atoms. The van der Waals surface area contributed by atoms with E-state index >= 15 is 0 Å². The monoisotopic (exact) mass is 384 g/mol. The summed E-state index contributed by atoms with van der Waals surface area (Å²) in [7, 11) is 0. The first kappa shape index (κ1) is 18.1. The van der Waals surface area contributed by atoms with Crippen molar-refractivity contribution in [1.82, 2.24) is 10.1 Å². The number of nitrogens with zero attached hydrogens (tertiary/aromatic N) is 2. The van der Waals surface area contributed by atoms with E-state index in [2.05, 4.69) is 15.5 Å². The van der Waals surface area contributed by atoms with Gasteiger partial charge >= 0.3 is 0 Å². The number of nitrogens with two attached hydrogens (primary N) is 1. The van der Waals surface area contributed by atoms with E-state index in [1.807, 2.05) is 42.5 Å². The highest BCUT2D eigenvalue weighted by Crippen LogP contribution is 2.28. The number of benzene rings is 2. The highest BCUT2D eigenvalue weighted by atomic mass is 16.5. The average molecular weight is 384 g/mol. The van der Waals surface area contributed by atoms with E-state index < -0.39 is 11.8 Å². The van der Waals surface area contributed by atoms with Gasteiger partial charge in [0, 0.05) is 23.5 Å². The summed E-state index contributed by atoms with van der Waals surface area (Å²) in [5.41, 5.74) is 8.78. The van der Waals surface area contributed by atoms with Crippen LogP contribution >= 0.6 is 0 Å². The third-order valence-corrected chi connectivity index (χ3v) is 4.37. The Kier molecular flexibility index (Phi) is 4.86. The number of anilines is 1. The second kappa shape index (κ2) is 7.77. The number of aromatic nitrogens is 2. The molecule has 0 spiro atoms. The largest absolute Gasteiger partial charge is 0.365 e. The molecule has 0 atom stereocenters. The van der Waals surface area contributed by atoms with Crippen LogP contribution in [0.15, 0.2) is 83.6 Å². The number of hydrogen-bond acceptors (Lipinski definition) is 5. The lowest BCUT2D eigenvalue weighted by Crippen LogP contribution is -2.17. The second-order valence-electron chi connectivity index (χ2n) is 6.23. The van der Waals surface area contributed by atoms with Crippen LogP contribution in [0, 0.1) is 0 Å². The van der Waals surface area contributed by atoms with Crippen molar-refractivity contribution in [2.75, 3.05) is 5.32 Å². The Morgan fingerprint density at radius 2 is 1.48 bits per heavy atom. The first-order chi connectivity index (χ1) is 14.1. The number of carbonyl (C=O) groups excluding carboxylic acids is 2. The van der Waals surface area contributed by atoms with Crippen molar-refractivity contribution in [2.24, 2.45) is 5.73 Å². The number of nitrogens with one attached hydrogen (secondary N) is 1. The van der Waals surface area contributed by atoms with Gasteiger partial charge in [-0.25, -0.2) is 0 Å². The lowest BCUT2D eigenvalue weighted by atomic mass is 10.0. The van der Waals surface area contributed by atoms with Gasteiger partial charge < -0.3 is 10.3 Å². The molecule has 0 saturated carbocycles. The average Bonchev–Trinajstić information content (AvgIpc) is 3.19. The van der Waals surface area contributed by atoms with Crippen LogP contribution in [-0.2, 0) is 0 Å². The Bertz CT molecular complexity index is 1150. The molecule has 7 heteroatoms. The number of rotatable bonds is 5. The molecule has 0 aliphatic heterocycles. The zero-order valence-corrected chi connectivity index (χ0v) is 15.2. The minimum absolute atomic E-state index is 0.00505. The maximum atomic E-state index is 12.6. The predicted molar refractivity (Wildman–Crippen MR) is 108 cm³/mol. The molecular formula is C22H16N4O3. The maximum Gasteiger partial charge on any atom is 0.258 e. The fourth-order valence-corrected chi connectivity index (χ4v) is 2.93. The van der Waals surface area contributed by atoms with Gasteiger partial charge in [-0.05, 0) is 35.4 Å². The minimum Gasteiger partial charge on any atom is -0.365 e. The summed E-state index contributed by atoms with van der Waals surface area (Å²) in [6.07, 6.45) is 3.11. The van der Waals surface area contributed by atoms with Gasteiger partial charge in [-0.15, -0.1) is 0 Å². The molecule has 0 bridgehead atoms. The second-order valence-corrected chi connectivity index (χ2v) is 6.23. The van der Waals surface area contributed by atoms with Crippen LogP contribution in [0.2, 0.25) is 0 Å². The summed E-state index contributed by atoms with van der Waals surface area (Å²) >= 11 is 0. The van der Waals surface area contributed by atoms with E-state index in [1.54, 1.807) is 36.7 Å². The number of primary amides is 1. The van der Waals surface area contributed by atoms with Crippen molar-refractivity contribution in [3.8, 4) is 22.4 Å². The predicted octanol–water partition coefficient (Wildman–Crippen LogP) is 3.75. The minimum atomic E-state index is -0.757. The molecule has 0 fully saturated rings. The summed E-state index contributed by atoms with van der Waals surface area (Å²) in [6.45, 7) is 0. The van der Waals surface area contributed by atoms with Crippen molar-refractivity contribution >= 4 is 17.7 Å². The van der Waals surface area contributed by atoms with Gasteiger partial charge in [0.15, 0.2) is 0 Å². The van der Waals surface area contributed by atoms with Crippen LogP contribution in [-0.4, -0.2) is 22.0 Å². The molecule has 0 aliphatic rings. The molecule has 2 heterocycles. The third-order valence-electron chi connectivity index (χ3n) is 4.37. The van der Waals surface area contributed by atoms with E-state index in [1.165, 1.54) is 0 Å². The van der Waals surface area contributed by atoms with Gasteiger partial charge in [-0.2, -0.15) is 0 Å². The first-order valence-electron chi connectivity index (χ1n) is 8.80. The van der Waals surface area contributed by atoms with Gasteiger partial charge in [0.2, 0.25) is 5.88 Å². The normalized spacial score (nSPS) is 10.5. The van der Waals surface area contributed by atoms with Crippen LogP contribution in [0.25, 0.3) is 22.4 Å². The molecule has 0 aliphatic carbocycles. The molecule has 2 amide bonds. The van der Waals surface area contributed by atoms with Crippen LogP contribution in [0.3, 0.4) is 0 Å². The third kappa shape index (κ3) is 3.74. The molecule has 0 unspecified atom stereocenters. The highest BCUT2D eigenvalue weighted by Gasteiger charge is 2.24. The summed E-state index contributed by atoms with van der Waals surface area (Å²) in [4.78, 5) is 28.5. The molecule has 0 saturated heterocycles. The van der Waals surface area contributed by atoms with E-state index in [4.69, 9.17) is 10.3 Å². The van der Waals surface area contributed by atoms with Gasteiger partial charge in [0.05, 0.1) is 0 Å². The standard InChI is InChI=1S/C22H16N4O3/c23-20(27)18-19(16-10-12-24-13-11-16)26-29-22(18)25-21(28)17-8-6-15(7-9-17)14-4-2-1-3-5-14/h1-13H,(H2,23,27)(H,25,28). The molecule has 0 radical (unpaired) electrons. The molecule has 7 nitrogen and oxygen atoms in total. The van der Waals surface area contributed by atoms with Crippen molar-refractivity contribution in [2.45, 2.75) is 0 Å². The zero-order chi connectivity index (χ0) is 20.2. The number of amides is 2. The molecule has 4 aromatic rings. The number of hydrogen-bond donors (Lipinski definition) is 2. The Morgan fingerprint density at radius 3 is 2.14 bits per heavy atom. The zero-order valence-electron chi connectivity index (χ0n) is 15.2. The molecule has 2 aromatic heterocycles.